The first kappa shape index (κ1) is 19.8. The predicted octanol–water partition coefficient (Wildman–Crippen LogP) is 4.94. The third-order valence-corrected chi connectivity index (χ3v) is 3.87. The van der Waals surface area contributed by atoms with Crippen molar-refractivity contribution in [1.29, 1.82) is 0 Å². The minimum atomic E-state index is -0.345. The number of carbonyl (C=O) groups is 2. The first-order valence-electron chi connectivity index (χ1n) is 8.80. The predicted molar refractivity (Wildman–Crippen MR) is 110 cm³/mol. The Kier molecular flexibility index (Phi) is 6.67. The molecular formula is C22H19N3O4. The summed E-state index contributed by atoms with van der Waals surface area (Å²) in [7, 11) is 1.49. The summed E-state index contributed by atoms with van der Waals surface area (Å²) in [6.45, 7) is -0.228. The molecule has 7 nitrogen and oxygen atoms in total. The molecule has 3 aromatic carbocycles. The fourth-order valence-corrected chi connectivity index (χ4v) is 2.44. The number of hydrogen-bond acceptors (Lipinski definition) is 6. The zero-order chi connectivity index (χ0) is 20.5. The van der Waals surface area contributed by atoms with E-state index in [4.69, 9.17) is 9.47 Å². The van der Waals surface area contributed by atoms with Crippen molar-refractivity contribution in [3.05, 3.63) is 78.4 Å². The lowest BCUT2D eigenvalue weighted by molar-refractivity contribution is -0.118. The van der Waals surface area contributed by atoms with Crippen LogP contribution >= 0.6 is 0 Å². The second-order valence-corrected chi connectivity index (χ2v) is 5.95. The van der Waals surface area contributed by atoms with E-state index < -0.39 is 0 Å². The van der Waals surface area contributed by atoms with Gasteiger partial charge < -0.3 is 14.8 Å². The molecule has 0 radical (unpaired) electrons. The number of amides is 1. The van der Waals surface area contributed by atoms with E-state index in [1.807, 2.05) is 30.3 Å². The average Bonchev–Trinajstić information content (AvgIpc) is 2.77. The van der Waals surface area contributed by atoms with E-state index in [1.54, 1.807) is 36.4 Å². The molecule has 0 heterocycles. The van der Waals surface area contributed by atoms with E-state index in [2.05, 4.69) is 15.5 Å². The van der Waals surface area contributed by atoms with Crippen molar-refractivity contribution < 1.29 is 19.1 Å². The minimum absolute atomic E-state index is 0.228. The van der Waals surface area contributed by atoms with Crippen LogP contribution in [0.4, 0.5) is 17.1 Å². The minimum Gasteiger partial charge on any atom is -0.493 e. The van der Waals surface area contributed by atoms with E-state index in [9.17, 15) is 9.59 Å². The number of azo groups is 1. The second-order valence-electron chi connectivity index (χ2n) is 5.95. The third-order valence-electron chi connectivity index (χ3n) is 3.87. The van der Waals surface area contributed by atoms with Crippen LogP contribution in [0.3, 0.4) is 0 Å². The summed E-state index contributed by atoms with van der Waals surface area (Å²) in [5.74, 6) is 0.419. The average molecular weight is 389 g/mol. The highest BCUT2D eigenvalue weighted by atomic mass is 16.5. The van der Waals surface area contributed by atoms with Crippen molar-refractivity contribution in [1.82, 2.24) is 0 Å². The number of nitrogens with one attached hydrogen (secondary N) is 1. The number of rotatable bonds is 8. The van der Waals surface area contributed by atoms with Gasteiger partial charge in [0, 0.05) is 11.3 Å². The maximum absolute atomic E-state index is 12.1. The summed E-state index contributed by atoms with van der Waals surface area (Å²) < 4.78 is 10.7. The molecule has 0 spiro atoms. The molecule has 1 N–H and O–H groups in total. The third kappa shape index (κ3) is 5.74. The standard InChI is InChI=1S/C22H19N3O4/c1-28-20-12-7-16(14-26)13-21(20)29-15-22(27)23-17-8-10-19(11-9-17)25-24-18-5-3-2-4-6-18/h2-14H,15H2,1H3,(H,23,27). The van der Waals surface area contributed by atoms with Gasteiger partial charge in [0.15, 0.2) is 18.1 Å². The number of aldehydes is 1. The van der Waals surface area contributed by atoms with Gasteiger partial charge in [-0.1, -0.05) is 18.2 Å². The van der Waals surface area contributed by atoms with E-state index in [0.717, 1.165) is 5.69 Å². The Morgan fingerprint density at radius 2 is 1.62 bits per heavy atom. The summed E-state index contributed by atoms with van der Waals surface area (Å²) in [4.78, 5) is 23.0. The molecule has 0 saturated carbocycles. The Labute approximate surface area is 168 Å². The molecule has 3 rings (SSSR count). The van der Waals surface area contributed by atoms with Crippen LogP contribution in [0, 0.1) is 0 Å². The molecule has 7 heteroatoms. The molecule has 0 aliphatic heterocycles. The molecule has 146 valence electrons. The number of ether oxygens (including phenoxy) is 2. The fourth-order valence-electron chi connectivity index (χ4n) is 2.44. The van der Waals surface area contributed by atoms with E-state index in [1.165, 1.54) is 13.2 Å². The molecule has 0 fully saturated rings. The highest BCUT2D eigenvalue weighted by Gasteiger charge is 2.09. The Morgan fingerprint density at radius 1 is 0.931 bits per heavy atom. The molecule has 0 saturated heterocycles. The smallest absolute Gasteiger partial charge is 0.262 e. The summed E-state index contributed by atoms with van der Waals surface area (Å²) >= 11 is 0. The Balaban J connectivity index is 1.56. The number of nitrogens with zero attached hydrogens (tertiary/aromatic N) is 2. The van der Waals surface area contributed by atoms with Crippen molar-refractivity contribution in [2.45, 2.75) is 0 Å². The van der Waals surface area contributed by atoms with Gasteiger partial charge in [-0.15, -0.1) is 0 Å². The first-order chi connectivity index (χ1) is 14.2. The maximum Gasteiger partial charge on any atom is 0.262 e. The summed E-state index contributed by atoms with van der Waals surface area (Å²) in [6, 6.07) is 21.1. The van der Waals surface area contributed by atoms with Crippen molar-refractivity contribution in [2.24, 2.45) is 10.2 Å². The van der Waals surface area contributed by atoms with Crippen LogP contribution in [-0.2, 0) is 4.79 Å². The zero-order valence-corrected chi connectivity index (χ0v) is 15.7. The lowest BCUT2D eigenvalue weighted by Gasteiger charge is -2.11. The van der Waals surface area contributed by atoms with Gasteiger partial charge in [-0.3, -0.25) is 9.59 Å². The van der Waals surface area contributed by atoms with E-state index >= 15 is 0 Å². The highest BCUT2D eigenvalue weighted by molar-refractivity contribution is 5.92. The number of carbonyl (C=O) groups excluding carboxylic acids is 2. The molecule has 0 aromatic heterocycles. The lowest BCUT2D eigenvalue weighted by atomic mass is 10.2. The van der Waals surface area contributed by atoms with Gasteiger partial charge in [0.25, 0.3) is 5.91 Å². The Morgan fingerprint density at radius 3 is 2.28 bits per heavy atom. The Bertz CT molecular complexity index is 1000. The molecule has 0 aliphatic rings. The van der Waals surface area contributed by atoms with E-state index in [-0.39, 0.29) is 12.5 Å². The van der Waals surface area contributed by atoms with Crippen LogP contribution < -0.4 is 14.8 Å². The zero-order valence-electron chi connectivity index (χ0n) is 15.7. The summed E-state index contributed by atoms with van der Waals surface area (Å²) in [6.07, 6.45) is 0.697. The number of anilines is 1. The molecule has 3 aromatic rings. The molecule has 0 bridgehead atoms. The SMILES string of the molecule is COc1ccc(C=O)cc1OCC(=O)Nc1ccc(N=Nc2ccccc2)cc1. The second kappa shape index (κ2) is 9.80. The lowest BCUT2D eigenvalue weighted by Crippen LogP contribution is -2.20. The van der Waals surface area contributed by atoms with Crippen LogP contribution in [0.15, 0.2) is 83.0 Å². The van der Waals surface area contributed by atoms with Crippen LogP contribution in [0.5, 0.6) is 11.5 Å². The molecular weight excluding hydrogens is 370 g/mol. The Hall–Kier alpha value is -4.00. The largest absolute Gasteiger partial charge is 0.493 e. The topological polar surface area (TPSA) is 89.3 Å². The van der Waals surface area contributed by atoms with Gasteiger partial charge in [-0.05, 0) is 54.6 Å². The molecule has 1 amide bonds. The van der Waals surface area contributed by atoms with Crippen LogP contribution in [0.2, 0.25) is 0 Å². The van der Waals surface area contributed by atoms with Crippen LogP contribution in [0.1, 0.15) is 10.4 Å². The van der Waals surface area contributed by atoms with Gasteiger partial charge in [0.2, 0.25) is 0 Å². The maximum atomic E-state index is 12.1. The van der Waals surface area contributed by atoms with Crippen molar-refractivity contribution in [3.8, 4) is 11.5 Å². The molecule has 0 atom stereocenters. The highest BCUT2D eigenvalue weighted by Crippen LogP contribution is 2.27. The molecule has 0 aliphatic carbocycles. The molecule has 0 unspecified atom stereocenters. The van der Waals surface area contributed by atoms with Crippen LogP contribution in [0.25, 0.3) is 0 Å². The fraction of sp³-hybridized carbons (Fsp3) is 0.0909. The summed E-state index contributed by atoms with van der Waals surface area (Å²) in [5.41, 5.74) is 2.46. The normalized spacial score (nSPS) is 10.5. The van der Waals surface area contributed by atoms with Gasteiger partial charge in [-0.25, -0.2) is 0 Å². The van der Waals surface area contributed by atoms with Crippen molar-refractivity contribution in [2.75, 3.05) is 19.0 Å². The van der Waals surface area contributed by atoms with Crippen molar-refractivity contribution >= 4 is 29.3 Å². The van der Waals surface area contributed by atoms with Gasteiger partial charge in [-0.2, -0.15) is 10.2 Å². The number of hydrogen-bond donors (Lipinski definition) is 1. The molecule has 29 heavy (non-hydrogen) atoms. The quantitative estimate of drug-likeness (QED) is 0.436. The van der Waals surface area contributed by atoms with E-state index in [0.29, 0.717) is 34.7 Å². The van der Waals surface area contributed by atoms with Gasteiger partial charge in [0.05, 0.1) is 18.5 Å². The van der Waals surface area contributed by atoms with Gasteiger partial charge in [0.1, 0.15) is 6.29 Å². The number of methoxy groups -OCH3 is 1. The number of benzene rings is 3. The monoisotopic (exact) mass is 389 g/mol. The van der Waals surface area contributed by atoms with Gasteiger partial charge >= 0.3 is 0 Å². The van der Waals surface area contributed by atoms with Crippen molar-refractivity contribution in [3.63, 3.8) is 0 Å². The first-order valence-corrected chi connectivity index (χ1v) is 8.80. The van der Waals surface area contributed by atoms with Crippen LogP contribution in [-0.4, -0.2) is 25.9 Å². The summed E-state index contributed by atoms with van der Waals surface area (Å²) in [5, 5.41) is 11.0.